The van der Waals surface area contributed by atoms with E-state index in [0.29, 0.717) is 24.7 Å². The van der Waals surface area contributed by atoms with E-state index in [-0.39, 0.29) is 34.9 Å². The van der Waals surface area contributed by atoms with Crippen molar-refractivity contribution < 1.29 is 32.2 Å². The van der Waals surface area contributed by atoms with E-state index in [4.69, 9.17) is 14.2 Å². The van der Waals surface area contributed by atoms with Crippen molar-refractivity contribution in [3.8, 4) is 11.5 Å². The zero-order chi connectivity index (χ0) is 24.8. The number of hydrogen-bond donors (Lipinski definition) is 1. The second-order valence-corrected chi connectivity index (χ2v) is 9.59. The Hall–Kier alpha value is -3.73. The monoisotopic (exact) mass is 496 g/mol. The first-order valence-corrected chi connectivity index (χ1v) is 12.3. The van der Waals surface area contributed by atoms with Gasteiger partial charge in [0.15, 0.2) is 0 Å². The van der Waals surface area contributed by atoms with Gasteiger partial charge in [0.1, 0.15) is 11.5 Å². The molecule has 0 saturated carbocycles. The molecule has 1 amide bonds. The van der Waals surface area contributed by atoms with E-state index in [1.807, 2.05) is 0 Å². The van der Waals surface area contributed by atoms with E-state index in [0.717, 1.165) is 0 Å². The number of nitrogens with one attached hydrogen (secondary N) is 1. The fraction of sp³-hybridized carbons (Fsp3) is 0.200. The third-order valence-corrected chi connectivity index (χ3v) is 7.21. The molecule has 10 heteroatoms. The molecule has 182 valence electrons. The van der Waals surface area contributed by atoms with Gasteiger partial charge in [0.05, 0.1) is 30.8 Å². The fourth-order valence-corrected chi connectivity index (χ4v) is 4.94. The second-order valence-electron chi connectivity index (χ2n) is 7.65. The molecule has 3 aromatic rings. The predicted molar refractivity (Wildman–Crippen MR) is 128 cm³/mol. The predicted octanol–water partition coefficient (Wildman–Crippen LogP) is 3.19. The lowest BCUT2D eigenvalue weighted by Crippen LogP contribution is -2.40. The van der Waals surface area contributed by atoms with E-state index < -0.39 is 21.9 Å². The summed E-state index contributed by atoms with van der Waals surface area (Å²) in [5.74, 6) is -0.387. The maximum Gasteiger partial charge on any atom is 0.343 e. The van der Waals surface area contributed by atoms with Crippen LogP contribution in [0.4, 0.5) is 5.69 Å². The maximum absolute atomic E-state index is 12.9. The highest BCUT2D eigenvalue weighted by atomic mass is 32.2. The summed E-state index contributed by atoms with van der Waals surface area (Å²) in [6.45, 7) is 1.15. The fourth-order valence-electron chi connectivity index (χ4n) is 3.49. The summed E-state index contributed by atoms with van der Waals surface area (Å²) in [6, 6.07) is 18.7. The largest absolute Gasteiger partial charge is 0.497 e. The molecule has 0 unspecified atom stereocenters. The Morgan fingerprint density at radius 3 is 2.34 bits per heavy atom. The van der Waals surface area contributed by atoms with Gasteiger partial charge in [-0.3, -0.25) is 4.79 Å². The van der Waals surface area contributed by atoms with Crippen LogP contribution in [-0.4, -0.2) is 58.0 Å². The van der Waals surface area contributed by atoms with Crippen LogP contribution in [0.15, 0.2) is 77.7 Å². The number of sulfonamides is 1. The molecule has 0 atom stereocenters. The van der Waals surface area contributed by atoms with Crippen molar-refractivity contribution in [3.63, 3.8) is 0 Å². The highest BCUT2D eigenvalue weighted by Gasteiger charge is 2.27. The molecule has 3 aromatic carbocycles. The van der Waals surface area contributed by atoms with Crippen molar-refractivity contribution in [2.24, 2.45) is 0 Å². The van der Waals surface area contributed by atoms with Gasteiger partial charge in [-0.2, -0.15) is 4.31 Å². The third-order valence-electron chi connectivity index (χ3n) is 5.31. The molecule has 0 radical (unpaired) electrons. The molecule has 0 spiro atoms. The van der Waals surface area contributed by atoms with Crippen molar-refractivity contribution in [3.05, 3.63) is 83.9 Å². The topological polar surface area (TPSA) is 111 Å². The molecule has 0 aliphatic carbocycles. The summed E-state index contributed by atoms with van der Waals surface area (Å²) < 4.78 is 42.9. The number of carbonyl (C=O) groups is 2. The van der Waals surface area contributed by atoms with E-state index in [9.17, 15) is 18.0 Å². The van der Waals surface area contributed by atoms with E-state index >= 15 is 0 Å². The zero-order valence-electron chi connectivity index (χ0n) is 19.0. The lowest BCUT2D eigenvalue weighted by molar-refractivity contribution is 0.0727. The summed E-state index contributed by atoms with van der Waals surface area (Å²) in [5.41, 5.74) is 0.905. The summed E-state index contributed by atoms with van der Waals surface area (Å²) in [7, 11) is -2.23. The van der Waals surface area contributed by atoms with Crippen LogP contribution >= 0.6 is 0 Å². The number of amides is 1. The molecule has 9 nitrogen and oxygen atoms in total. The van der Waals surface area contributed by atoms with Crippen molar-refractivity contribution >= 4 is 27.6 Å². The first-order valence-electron chi connectivity index (χ1n) is 10.8. The molecule has 1 heterocycles. The van der Waals surface area contributed by atoms with Crippen molar-refractivity contribution in [2.45, 2.75) is 4.90 Å². The number of ether oxygens (including phenoxy) is 3. The number of benzene rings is 3. The number of rotatable bonds is 7. The minimum atomic E-state index is -3.76. The molecular weight excluding hydrogens is 472 g/mol. The van der Waals surface area contributed by atoms with Gasteiger partial charge in [0.25, 0.3) is 5.91 Å². The molecule has 0 bridgehead atoms. The first kappa shape index (κ1) is 24.4. The maximum atomic E-state index is 12.9. The number of esters is 1. The standard InChI is InChI=1S/C25H24N2O7S/c1-32-21-8-4-7-20(17-21)26-24(28)18-5-2-9-22(15-18)34-25(29)19-6-3-10-23(16-19)35(30,31)27-11-13-33-14-12-27/h2-10,15-17H,11-14H2,1H3,(H,26,28). The molecule has 1 fully saturated rings. The van der Waals surface area contributed by atoms with Crippen molar-refractivity contribution in [2.75, 3.05) is 38.7 Å². The molecule has 35 heavy (non-hydrogen) atoms. The summed E-state index contributed by atoms with van der Waals surface area (Å²) in [6.07, 6.45) is 0. The average molecular weight is 497 g/mol. The van der Waals surface area contributed by atoms with Gasteiger partial charge in [0.2, 0.25) is 10.0 Å². The summed E-state index contributed by atoms with van der Waals surface area (Å²) >= 11 is 0. The van der Waals surface area contributed by atoms with Gasteiger partial charge >= 0.3 is 5.97 Å². The van der Waals surface area contributed by atoms with Gasteiger partial charge in [-0.25, -0.2) is 13.2 Å². The second kappa shape index (κ2) is 10.7. The number of morpholine rings is 1. The van der Waals surface area contributed by atoms with E-state index in [1.165, 1.54) is 47.8 Å². The molecule has 1 aliphatic rings. The van der Waals surface area contributed by atoms with Crippen molar-refractivity contribution in [1.82, 2.24) is 4.31 Å². The smallest absolute Gasteiger partial charge is 0.343 e. The number of anilines is 1. The minimum Gasteiger partial charge on any atom is -0.497 e. The summed E-state index contributed by atoms with van der Waals surface area (Å²) in [4.78, 5) is 25.4. The van der Waals surface area contributed by atoms with Crippen LogP contribution in [0.2, 0.25) is 0 Å². The normalized spacial score (nSPS) is 14.2. The number of methoxy groups -OCH3 is 1. The van der Waals surface area contributed by atoms with Crippen LogP contribution in [0.5, 0.6) is 11.5 Å². The summed E-state index contributed by atoms with van der Waals surface area (Å²) in [5, 5.41) is 2.76. The molecule has 4 rings (SSSR count). The Kier molecular flexibility index (Phi) is 7.45. The van der Waals surface area contributed by atoms with Crippen LogP contribution in [0.1, 0.15) is 20.7 Å². The number of hydrogen-bond acceptors (Lipinski definition) is 7. The van der Waals surface area contributed by atoms with Crippen LogP contribution in [0, 0.1) is 0 Å². The number of carbonyl (C=O) groups excluding carboxylic acids is 2. The highest BCUT2D eigenvalue weighted by Crippen LogP contribution is 2.22. The average Bonchev–Trinajstić information content (AvgIpc) is 2.89. The van der Waals surface area contributed by atoms with Gasteiger partial charge in [-0.05, 0) is 48.5 Å². The first-order chi connectivity index (χ1) is 16.9. The third kappa shape index (κ3) is 5.86. The van der Waals surface area contributed by atoms with E-state index in [1.54, 1.807) is 36.4 Å². The van der Waals surface area contributed by atoms with Gasteiger partial charge in [-0.1, -0.05) is 18.2 Å². The van der Waals surface area contributed by atoms with Gasteiger partial charge < -0.3 is 19.5 Å². The molecule has 1 saturated heterocycles. The van der Waals surface area contributed by atoms with Crippen LogP contribution in [0.3, 0.4) is 0 Å². The Bertz CT molecular complexity index is 1330. The zero-order valence-corrected chi connectivity index (χ0v) is 19.8. The Balaban J connectivity index is 1.47. The lowest BCUT2D eigenvalue weighted by Gasteiger charge is -2.26. The molecular formula is C25H24N2O7S. The van der Waals surface area contributed by atoms with Gasteiger partial charge in [0, 0.05) is 30.4 Å². The highest BCUT2D eigenvalue weighted by molar-refractivity contribution is 7.89. The Labute approximate surface area is 203 Å². The number of nitrogens with zero attached hydrogens (tertiary/aromatic N) is 1. The Morgan fingerprint density at radius 1 is 0.886 bits per heavy atom. The van der Waals surface area contributed by atoms with Crippen LogP contribution in [-0.2, 0) is 14.8 Å². The quantitative estimate of drug-likeness (QED) is 0.395. The van der Waals surface area contributed by atoms with Crippen LogP contribution in [0.25, 0.3) is 0 Å². The van der Waals surface area contributed by atoms with Crippen LogP contribution < -0.4 is 14.8 Å². The minimum absolute atomic E-state index is 0.000248. The molecule has 1 N–H and O–H groups in total. The molecule has 0 aromatic heterocycles. The lowest BCUT2D eigenvalue weighted by atomic mass is 10.2. The Morgan fingerprint density at radius 2 is 1.57 bits per heavy atom. The van der Waals surface area contributed by atoms with Gasteiger partial charge in [-0.15, -0.1) is 0 Å². The SMILES string of the molecule is COc1cccc(NC(=O)c2cccc(OC(=O)c3cccc(S(=O)(=O)N4CCOCC4)c3)c2)c1. The molecule has 1 aliphatic heterocycles. The van der Waals surface area contributed by atoms with Crippen molar-refractivity contribution in [1.29, 1.82) is 0 Å². The van der Waals surface area contributed by atoms with E-state index in [2.05, 4.69) is 5.32 Å².